The first-order chi connectivity index (χ1) is 10.6. The van der Waals surface area contributed by atoms with Crippen LogP contribution in [-0.2, 0) is 0 Å². The van der Waals surface area contributed by atoms with Crippen LogP contribution >= 0.6 is 0 Å². The van der Waals surface area contributed by atoms with E-state index in [9.17, 15) is 4.79 Å². The second-order valence-corrected chi connectivity index (χ2v) is 5.84. The van der Waals surface area contributed by atoms with Crippen LogP contribution in [0.2, 0.25) is 0 Å². The number of carbonyl (C=O) groups excluding carboxylic acids is 1. The maximum atomic E-state index is 11.8. The van der Waals surface area contributed by atoms with Gasteiger partial charge in [0, 0.05) is 20.6 Å². The zero-order valence-corrected chi connectivity index (χ0v) is 13.8. The summed E-state index contributed by atoms with van der Waals surface area (Å²) in [7, 11) is 3.52. The molecule has 1 aliphatic rings. The third-order valence-corrected chi connectivity index (χ3v) is 4.01. The first kappa shape index (κ1) is 16.6. The van der Waals surface area contributed by atoms with Crippen molar-refractivity contribution < 1.29 is 9.53 Å². The fourth-order valence-corrected chi connectivity index (χ4v) is 2.81. The molecule has 2 rings (SSSR count). The predicted octanol–water partition coefficient (Wildman–Crippen LogP) is 2.49. The SMILES string of the molecule is CCOc1ccc(C(CNC(=O)N(C)C)N2CCCC2)cc1. The van der Waals surface area contributed by atoms with Gasteiger partial charge in [-0.05, 0) is 50.6 Å². The monoisotopic (exact) mass is 305 g/mol. The molecule has 2 amide bonds. The molecule has 0 saturated carbocycles. The zero-order chi connectivity index (χ0) is 15.9. The number of hydrogen-bond donors (Lipinski definition) is 1. The number of likely N-dealkylation sites (tertiary alicyclic amines) is 1. The van der Waals surface area contributed by atoms with Gasteiger partial charge in [0.25, 0.3) is 0 Å². The molecule has 1 fully saturated rings. The number of ether oxygens (including phenoxy) is 1. The molecule has 0 bridgehead atoms. The largest absolute Gasteiger partial charge is 0.494 e. The molecule has 0 spiro atoms. The van der Waals surface area contributed by atoms with Crippen LogP contribution in [0.5, 0.6) is 5.75 Å². The van der Waals surface area contributed by atoms with Crippen molar-refractivity contribution in [2.24, 2.45) is 0 Å². The van der Waals surface area contributed by atoms with Crippen molar-refractivity contribution in [1.29, 1.82) is 0 Å². The van der Waals surface area contributed by atoms with Gasteiger partial charge in [-0.2, -0.15) is 0 Å². The van der Waals surface area contributed by atoms with Crippen molar-refractivity contribution in [3.8, 4) is 5.75 Å². The van der Waals surface area contributed by atoms with Gasteiger partial charge in [0.15, 0.2) is 0 Å². The number of rotatable bonds is 6. The normalized spacial score (nSPS) is 16.3. The van der Waals surface area contributed by atoms with E-state index in [0.717, 1.165) is 18.8 Å². The van der Waals surface area contributed by atoms with E-state index in [1.54, 1.807) is 19.0 Å². The topological polar surface area (TPSA) is 44.8 Å². The van der Waals surface area contributed by atoms with Crippen molar-refractivity contribution in [2.75, 3.05) is 40.3 Å². The Balaban J connectivity index is 2.07. The fourth-order valence-electron chi connectivity index (χ4n) is 2.81. The smallest absolute Gasteiger partial charge is 0.316 e. The molecule has 1 atom stereocenters. The van der Waals surface area contributed by atoms with Crippen molar-refractivity contribution >= 4 is 6.03 Å². The van der Waals surface area contributed by atoms with E-state index in [1.165, 1.54) is 18.4 Å². The van der Waals surface area contributed by atoms with Crippen LogP contribution in [0.4, 0.5) is 4.79 Å². The highest BCUT2D eigenvalue weighted by Crippen LogP contribution is 2.26. The van der Waals surface area contributed by atoms with Gasteiger partial charge in [-0.15, -0.1) is 0 Å². The molecular weight excluding hydrogens is 278 g/mol. The molecule has 1 N–H and O–H groups in total. The molecule has 0 aliphatic carbocycles. The number of nitrogens with one attached hydrogen (secondary N) is 1. The molecule has 122 valence electrons. The van der Waals surface area contributed by atoms with Gasteiger partial charge in [-0.3, -0.25) is 4.90 Å². The number of urea groups is 1. The average Bonchev–Trinajstić information content (AvgIpc) is 3.03. The van der Waals surface area contributed by atoms with Crippen LogP contribution < -0.4 is 10.1 Å². The van der Waals surface area contributed by atoms with Crippen LogP contribution in [0, 0.1) is 0 Å². The summed E-state index contributed by atoms with van der Waals surface area (Å²) >= 11 is 0. The van der Waals surface area contributed by atoms with Crippen LogP contribution in [0.3, 0.4) is 0 Å². The summed E-state index contributed by atoms with van der Waals surface area (Å²) < 4.78 is 5.51. The molecule has 5 heteroatoms. The quantitative estimate of drug-likeness (QED) is 0.878. The van der Waals surface area contributed by atoms with Gasteiger partial charge in [0.1, 0.15) is 5.75 Å². The van der Waals surface area contributed by atoms with Crippen molar-refractivity contribution in [3.63, 3.8) is 0 Å². The van der Waals surface area contributed by atoms with E-state index >= 15 is 0 Å². The van der Waals surface area contributed by atoms with Crippen LogP contribution in [0.1, 0.15) is 31.4 Å². The van der Waals surface area contributed by atoms with Crippen molar-refractivity contribution in [3.05, 3.63) is 29.8 Å². The van der Waals surface area contributed by atoms with Crippen LogP contribution in [0.15, 0.2) is 24.3 Å². The lowest BCUT2D eigenvalue weighted by Gasteiger charge is -2.29. The maximum absolute atomic E-state index is 11.8. The first-order valence-corrected chi connectivity index (χ1v) is 8.03. The molecule has 5 nitrogen and oxygen atoms in total. The first-order valence-electron chi connectivity index (χ1n) is 8.03. The number of amides is 2. The summed E-state index contributed by atoms with van der Waals surface area (Å²) in [6, 6.07) is 8.41. The molecule has 1 unspecified atom stereocenters. The van der Waals surface area contributed by atoms with Gasteiger partial charge < -0.3 is 15.0 Å². The molecule has 1 saturated heterocycles. The van der Waals surface area contributed by atoms with E-state index in [4.69, 9.17) is 4.74 Å². The minimum atomic E-state index is -0.0462. The lowest BCUT2D eigenvalue weighted by atomic mass is 10.1. The third kappa shape index (κ3) is 4.37. The van der Waals surface area contributed by atoms with Gasteiger partial charge >= 0.3 is 6.03 Å². The molecule has 1 heterocycles. The van der Waals surface area contributed by atoms with Crippen molar-refractivity contribution in [1.82, 2.24) is 15.1 Å². The second kappa shape index (κ2) is 8.03. The summed E-state index contributed by atoms with van der Waals surface area (Å²) in [5, 5.41) is 3.01. The van der Waals surface area contributed by atoms with Crippen LogP contribution in [-0.4, -0.2) is 56.2 Å². The highest BCUT2D eigenvalue weighted by atomic mass is 16.5. The minimum absolute atomic E-state index is 0.0462. The summed E-state index contributed by atoms with van der Waals surface area (Å²) in [6.07, 6.45) is 2.46. The number of nitrogens with zero attached hydrogens (tertiary/aromatic N) is 2. The number of benzene rings is 1. The van der Waals surface area contributed by atoms with Gasteiger partial charge in [-0.25, -0.2) is 4.79 Å². The Morgan fingerprint density at radius 3 is 2.45 bits per heavy atom. The van der Waals surface area contributed by atoms with E-state index in [0.29, 0.717) is 13.2 Å². The standard InChI is InChI=1S/C17H27N3O2/c1-4-22-15-9-7-14(8-10-15)16(20-11-5-6-12-20)13-18-17(21)19(2)3/h7-10,16H,4-6,11-13H2,1-3H3,(H,18,21). The molecule has 1 aromatic rings. The van der Waals surface area contributed by atoms with Gasteiger partial charge in [0.05, 0.1) is 12.6 Å². The average molecular weight is 305 g/mol. The maximum Gasteiger partial charge on any atom is 0.316 e. The Kier molecular flexibility index (Phi) is 6.07. The lowest BCUT2D eigenvalue weighted by molar-refractivity contribution is 0.203. The minimum Gasteiger partial charge on any atom is -0.494 e. The second-order valence-electron chi connectivity index (χ2n) is 5.84. The highest BCUT2D eigenvalue weighted by molar-refractivity contribution is 5.73. The zero-order valence-electron chi connectivity index (χ0n) is 13.8. The molecular formula is C17H27N3O2. The molecule has 22 heavy (non-hydrogen) atoms. The molecule has 1 aliphatic heterocycles. The fraction of sp³-hybridized carbons (Fsp3) is 0.588. The Labute approximate surface area is 133 Å². The third-order valence-electron chi connectivity index (χ3n) is 4.01. The Morgan fingerprint density at radius 1 is 1.27 bits per heavy atom. The lowest BCUT2D eigenvalue weighted by Crippen LogP contribution is -2.41. The van der Waals surface area contributed by atoms with Crippen LogP contribution in [0.25, 0.3) is 0 Å². The van der Waals surface area contributed by atoms with Gasteiger partial charge in [-0.1, -0.05) is 12.1 Å². The van der Waals surface area contributed by atoms with E-state index in [-0.39, 0.29) is 12.1 Å². The summed E-state index contributed by atoms with van der Waals surface area (Å²) in [6.45, 7) is 5.47. The van der Waals surface area contributed by atoms with Crippen molar-refractivity contribution in [2.45, 2.75) is 25.8 Å². The summed E-state index contributed by atoms with van der Waals surface area (Å²) in [5.41, 5.74) is 1.23. The van der Waals surface area contributed by atoms with Gasteiger partial charge in [0.2, 0.25) is 0 Å². The Morgan fingerprint density at radius 2 is 1.91 bits per heavy atom. The van der Waals surface area contributed by atoms with E-state index in [1.807, 2.05) is 19.1 Å². The Bertz CT molecular complexity index is 467. The molecule has 0 aromatic heterocycles. The molecule has 0 radical (unpaired) electrons. The summed E-state index contributed by atoms with van der Waals surface area (Å²) in [4.78, 5) is 15.8. The number of carbonyl (C=O) groups is 1. The number of hydrogen-bond acceptors (Lipinski definition) is 3. The van der Waals surface area contributed by atoms with E-state index < -0.39 is 0 Å². The predicted molar refractivity (Wildman–Crippen MR) is 88.2 cm³/mol. The molecule has 1 aromatic carbocycles. The highest BCUT2D eigenvalue weighted by Gasteiger charge is 2.24. The van der Waals surface area contributed by atoms with E-state index in [2.05, 4.69) is 22.3 Å². The summed E-state index contributed by atoms with van der Waals surface area (Å²) in [5.74, 6) is 0.892. The Hall–Kier alpha value is -1.75.